The Labute approximate surface area is 441 Å². The van der Waals surface area contributed by atoms with Crippen LogP contribution in [0.1, 0.15) is 64.3 Å². The van der Waals surface area contributed by atoms with E-state index in [-0.39, 0.29) is 61.7 Å². The number of likely N-dealkylation sites (tertiary alicyclic amines) is 1. The van der Waals surface area contributed by atoms with E-state index in [0.29, 0.717) is 45.0 Å². The van der Waals surface area contributed by atoms with Crippen LogP contribution in [0.25, 0.3) is 33.5 Å². The first-order valence-corrected chi connectivity index (χ1v) is 27.3. The Morgan fingerprint density at radius 2 is 1.28 bits per heavy atom. The first-order valence-electron chi connectivity index (χ1n) is 24.3. The number of nitrogens with zero attached hydrogens (tertiary/aromatic N) is 8. The second-order valence-electron chi connectivity index (χ2n) is 20.1. The van der Waals surface area contributed by atoms with Crippen LogP contribution in [0.4, 0.5) is 15.5 Å². The van der Waals surface area contributed by atoms with Gasteiger partial charge in [-0.2, -0.15) is 9.10 Å². The van der Waals surface area contributed by atoms with Crippen LogP contribution < -0.4 is 25.3 Å². The molecule has 0 aliphatic carbocycles. The molecule has 0 radical (unpaired) electrons. The largest absolute Gasteiger partial charge is 0.497 e. The number of ether oxygens (including phenoxy) is 5. The summed E-state index contributed by atoms with van der Waals surface area (Å²) < 4.78 is 92.9. The third-order valence-corrected chi connectivity index (χ3v) is 16.0. The average Bonchev–Trinajstić information content (AvgIpc) is 4.01. The van der Waals surface area contributed by atoms with Crippen LogP contribution in [0.3, 0.4) is 0 Å². The first kappa shape index (κ1) is 54.5. The summed E-state index contributed by atoms with van der Waals surface area (Å²) in [5.74, 6) is 0.858. The quantitative estimate of drug-likeness (QED) is 0.0844. The number of nitrogens with one attached hydrogen (secondary N) is 1. The van der Waals surface area contributed by atoms with Gasteiger partial charge >= 0.3 is 12.2 Å². The monoisotopic (exact) mass is 1080 g/mol. The number of carbonyl (C=O) groups is 2. The van der Waals surface area contributed by atoms with Crippen LogP contribution in [-0.2, 0) is 49.0 Å². The number of rotatable bonds is 18. The molecule has 1 aliphatic heterocycles. The summed E-state index contributed by atoms with van der Waals surface area (Å²) in [6.45, 7) is 10.1. The zero-order chi connectivity index (χ0) is 54.7. The highest BCUT2D eigenvalue weighted by molar-refractivity contribution is 7.93. The molecule has 3 heterocycles. The maximum Gasteiger partial charge on any atom is 0.410 e. The average molecular weight is 1080 g/mol. The number of nitrogen functional groups attached to an aromatic ring is 1. The van der Waals surface area contributed by atoms with E-state index < -0.39 is 65.3 Å². The van der Waals surface area contributed by atoms with Gasteiger partial charge in [0.25, 0.3) is 0 Å². The van der Waals surface area contributed by atoms with Crippen molar-refractivity contribution in [2.45, 2.75) is 88.2 Å². The predicted molar refractivity (Wildman–Crippen MR) is 284 cm³/mol. The van der Waals surface area contributed by atoms with Gasteiger partial charge in [0.05, 0.1) is 61.2 Å². The number of imidazole rings is 1. The number of carbonyl (C=O) groups excluding carboxylic acids is 2. The number of hydrogen-bond donors (Lipinski definition) is 2. The van der Waals surface area contributed by atoms with Gasteiger partial charge in [0.15, 0.2) is 9.84 Å². The van der Waals surface area contributed by atoms with Gasteiger partial charge < -0.3 is 44.2 Å². The molecule has 5 aromatic carbocycles. The van der Waals surface area contributed by atoms with Gasteiger partial charge in [-0.15, -0.1) is 10.2 Å². The lowest BCUT2D eigenvalue weighted by atomic mass is 9.97. The highest BCUT2D eigenvalue weighted by Gasteiger charge is 2.40. The Balaban J connectivity index is 1.35. The molecule has 0 saturated carbocycles. The normalized spacial score (nSPS) is 13.4. The van der Waals surface area contributed by atoms with Gasteiger partial charge in [-0.25, -0.2) is 31.4 Å². The summed E-state index contributed by atoms with van der Waals surface area (Å²) in [5, 5.41) is 16.1. The molecular weight excluding hydrogens is 1020 g/mol. The van der Waals surface area contributed by atoms with Crippen LogP contribution >= 0.6 is 0 Å². The molecule has 2 amide bonds. The van der Waals surface area contributed by atoms with Crippen molar-refractivity contribution in [1.29, 1.82) is 0 Å². The van der Waals surface area contributed by atoms with E-state index in [2.05, 4.69) is 15.6 Å². The number of hydrogen-bond acceptors (Lipinski definition) is 16. The minimum absolute atomic E-state index is 0.0853. The molecule has 3 N–H and O–H groups in total. The molecular formula is C53H62N10O11S2. The summed E-state index contributed by atoms with van der Waals surface area (Å²) in [4.78, 5) is 32.2. The van der Waals surface area contributed by atoms with Crippen LogP contribution in [0, 0.1) is 0 Å². The fraction of sp³-hybridized carbons (Fsp3) is 0.358. The second kappa shape index (κ2) is 21.8. The highest BCUT2D eigenvalue weighted by atomic mass is 32.2. The van der Waals surface area contributed by atoms with Crippen molar-refractivity contribution >= 4 is 49.0 Å². The lowest BCUT2D eigenvalue weighted by molar-refractivity contribution is 0.00171. The van der Waals surface area contributed by atoms with Crippen molar-refractivity contribution in [3.63, 3.8) is 0 Å². The van der Waals surface area contributed by atoms with Gasteiger partial charge in [0.1, 0.15) is 33.3 Å². The molecule has 7 aromatic rings. The number of tetrazole rings is 1. The molecule has 0 unspecified atom stereocenters. The van der Waals surface area contributed by atoms with E-state index in [9.17, 15) is 9.59 Å². The van der Waals surface area contributed by atoms with E-state index in [4.69, 9.17) is 39.5 Å². The summed E-state index contributed by atoms with van der Waals surface area (Å²) in [5.41, 5.74) is 8.23. The third kappa shape index (κ3) is 12.3. The van der Waals surface area contributed by atoms with Crippen molar-refractivity contribution in [1.82, 2.24) is 44.3 Å². The second-order valence-corrected chi connectivity index (χ2v) is 24.0. The Kier molecular flexibility index (Phi) is 15.7. The van der Waals surface area contributed by atoms with Gasteiger partial charge in [0.2, 0.25) is 21.8 Å². The maximum atomic E-state index is 16.3. The SMILES string of the molecule is COc1ccc(CN(Cc2ccc(OC)cc2)S(=O)(=O)c2c(S(=O)(=O)CCNC(=O)OC(C)(C)C)ccc(-c3cccc4c3nc(N)n4C3CN(C(=O)OC(C)(C)C)C3)c2-c2nnn(Cc3ccc(OC)cc3)n2)cc1. The van der Waals surface area contributed by atoms with Crippen LogP contribution in [0.15, 0.2) is 113 Å². The van der Waals surface area contributed by atoms with E-state index in [1.165, 1.54) is 35.5 Å². The molecule has 402 valence electrons. The number of para-hydroxylation sites is 1. The number of aromatic nitrogens is 6. The summed E-state index contributed by atoms with van der Waals surface area (Å²) >= 11 is 0. The zero-order valence-electron chi connectivity index (χ0n) is 43.8. The van der Waals surface area contributed by atoms with E-state index in [0.717, 1.165) is 5.56 Å². The molecule has 1 saturated heterocycles. The molecule has 2 aromatic heterocycles. The lowest BCUT2D eigenvalue weighted by Gasteiger charge is -2.40. The molecule has 76 heavy (non-hydrogen) atoms. The Morgan fingerprint density at radius 1 is 0.724 bits per heavy atom. The van der Waals surface area contributed by atoms with Crippen molar-refractivity contribution in [2.75, 3.05) is 52.5 Å². The standard InChI is InChI=1S/C53H62N10O11S2/c1-52(2,3)73-50(64)55-27-28-75(66,67)44-26-25-41(42-11-10-12-43-46(42)56-49(54)63(43)37-32-60(33-37)51(65)74-53(4,5)6)45(48-57-59-62(58-48)31-36-17-23-40(72-9)24-18-36)47(44)76(68,69)61(29-34-13-19-38(70-7)20-14-34)30-35-15-21-39(71-8)22-16-35/h10-26,37H,27-33H2,1-9H3,(H2,54,56)(H,55,64). The van der Waals surface area contributed by atoms with Crippen molar-refractivity contribution in [3.8, 4) is 39.8 Å². The third-order valence-electron chi connectivity index (χ3n) is 12.2. The molecule has 21 nitrogen and oxygen atoms in total. The Morgan fingerprint density at radius 3 is 1.82 bits per heavy atom. The number of alkyl carbamates (subject to hydrolysis) is 1. The first-order chi connectivity index (χ1) is 36.0. The van der Waals surface area contributed by atoms with Gasteiger partial charge in [-0.1, -0.05) is 54.6 Å². The number of nitrogens with two attached hydrogens (primary N) is 1. The Hall–Kier alpha value is -7.76. The highest BCUT2D eigenvalue weighted by Crippen LogP contribution is 2.44. The number of amides is 2. The van der Waals surface area contributed by atoms with Gasteiger partial charge in [0, 0.05) is 38.3 Å². The van der Waals surface area contributed by atoms with Crippen molar-refractivity contribution in [3.05, 3.63) is 120 Å². The molecule has 0 atom stereocenters. The number of sulfone groups is 1. The number of methoxy groups -OCH3 is 3. The molecule has 1 aliphatic rings. The lowest BCUT2D eigenvalue weighted by Crippen LogP contribution is -2.52. The van der Waals surface area contributed by atoms with Crippen LogP contribution in [0.5, 0.6) is 17.2 Å². The minimum atomic E-state index is -5.02. The number of benzene rings is 5. The number of fused-ring (bicyclic) bond motifs is 1. The molecule has 1 fully saturated rings. The summed E-state index contributed by atoms with van der Waals surface area (Å²) in [7, 11) is -5.08. The van der Waals surface area contributed by atoms with E-state index >= 15 is 16.8 Å². The van der Waals surface area contributed by atoms with Crippen LogP contribution in [-0.4, -0.2) is 126 Å². The van der Waals surface area contributed by atoms with Crippen LogP contribution in [0.2, 0.25) is 0 Å². The maximum absolute atomic E-state index is 16.3. The zero-order valence-corrected chi connectivity index (χ0v) is 45.4. The topological polar surface area (TPSA) is 255 Å². The number of anilines is 1. The molecule has 23 heteroatoms. The Bertz CT molecular complexity index is 3410. The van der Waals surface area contributed by atoms with E-state index in [1.54, 1.807) is 132 Å². The summed E-state index contributed by atoms with van der Waals surface area (Å²) in [6, 6.07) is 28.5. The minimum Gasteiger partial charge on any atom is -0.497 e. The number of sulfonamides is 1. The smallest absolute Gasteiger partial charge is 0.410 e. The molecule has 0 bridgehead atoms. The van der Waals surface area contributed by atoms with Gasteiger partial charge in [-0.3, -0.25) is 0 Å². The van der Waals surface area contributed by atoms with E-state index in [1.807, 2.05) is 16.7 Å². The summed E-state index contributed by atoms with van der Waals surface area (Å²) in [6.07, 6.45) is -1.33. The predicted octanol–water partition coefficient (Wildman–Crippen LogP) is 7.49. The van der Waals surface area contributed by atoms with Gasteiger partial charge in [-0.05, 0) is 118 Å². The fourth-order valence-corrected chi connectivity index (χ4v) is 12.2. The fourth-order valence-electron chi connectivity index (χ4n) is 8.58. The molecule has 8 rings (SSSR count). The van der Waals surface area contributed by atoms with Crippen molar-refractivity contribution in [2.24, 2.45) is 0 Å². The van der Waals surface area contributed by atoms with Crippen molar-refractivity contribution < 1.29 is 50.1 Å². The molecule has 0 spiro atoms.